The van der Waals surface area contributed by atoms with E-state index in [0.29, 0.717) is 6.61 Å². The van der Waals surface area contributed by atoms with Crippen LogP contribution in [0.25, 0.3) is 10.8 Å². The number of ether oxygens (including phenoxy) is 2. The maximum atomic E-state index is 5.90. The molecule has 0 bridgehead atoms. The zero-order valence-electron chi connectivity index (χ0n) is 11.9. The Morgan fingerprint density at radius 3 is 2.90 bits per heavy atom. The number of nitrogens with one attached hydrogen (secondary N) is 1. The monoisotopic (exact) mass is 275 g/mol. The number of nitrogens with zero attached hydrogens (tertiary/aromatic N) is 1. The molecule has 0 radical (unpaired) electrons. The number of hydrogen-bond donors (Lipinski definition) is 2. The number of nitrogens with two attached hydrogens (primary N) is 1. The van der Waals surface area contributed by atoms with Gasteiger partial charge in [-0.1, -0.05) is 6.07 Å². The molecule has 0 aliphatic heterocycles. The van der Waals surface area contributed by atoms with Crippen LogP contribution in [0.15, 0.2) is 30.5 Å². The molecular formula is C15H21N3O2. The van der Waals surface area contributed by atoms with Crippen molar-refractivity contribution < 1.29 is 9.47 Å². The fourth-order valence-electron chi connectivity index (χ4n) is 2.09. The Morgan fingerprint density at radius 2 is 2.15 bits per heavy atom. The number of pyridine rings is 1. The van der Waals surface area contributed by atoms with Crippen molar-refractivity contribution in [2.24, 2.45) is 5.73 Å². The van der Waals surface area contributed by atoms with E-state index >= 15 is 0 Å². The van der Waals surface area contributed by atoms with E-state index in [9.17, 15) is 0 Å². The Labute approximate surface area is 119 Å². The molecule has 0 aliphatic rings. The van der Waals surface area contributed by atoms with E-state index in [4.69, 9.17) is 15.2 Å². The van der Waals surface area contributed by atoms with Gasteiger partial charge in [0.05, 0.1) is 13.7 Å². The summed E-state index contributed by atoms with van der Waals surface area (Å²) in [6, 6.07) is 7.98. The van der Waals surface area contributed by atoms with Gasteiger partial charge in [-0.2, -0.15) is 0 Å². The van der Waals surface area contributed by atoms with E-state index < -0.39 is 0 Å². The summed E-state index contributed by atoms with van der Waals surface area (Å²) in [5.41, 5.74) is 5.90. The van der Waals surface area contributed by atoms with Crippen molar-refractivity contribution in [2.75, 3.05) is 32.7 Å². The third-order valence-corrected chi connectivity index (χ3v) is 3.16. The molecule has 1 heterocycles. The lowest BCUT2D eigenvalue weighted by Gasteiger charge is -2.13. The second-order valence-corrected chi connectivity index (χ2v) is 4.68. The molecule has 2 rings (SSSR count). The Balaban J connectivity index is 2.09. The molecule has 0 spiro atoms. The molecule has 1 aromatic carbocycles. The van der Waals surface area contributed by atoms with Gasteiger partial charge in [0.25, 0.3) is 0 Å². The summed E-state index contributed by atoms with van der Waals surface area (Å²) in [5, 5.41) is 5.50. The average Bonchev–Trinajstić information content (AvgIpc) is 2.47. The predicted molar refractivity (Wildman–Crippen MR) is 81.3 cm³/mol. The number of anilines is 1. The lowest BCUT2D eigenvalue weighted by molar-refractivity contribution is 0.178. The van der Waals surface area contributed by atoms with Crippen molar-refractivity contribution >= 4 is 16.6 Å². The van der Waals surface area contributed by atoms with Gasteiger partial charge in [0.1, 0.15) is 11.6 Å². The zero-order valence-corrected chi connectivity index (χ0v) is 11.9. The van der Waals surface area contributed by atoms with Crippen molar-refractivity contribution in [3.05, 3.63) is 30.5 Å². The van der Waals surface area contributed by atoms with Gasteiger partial charge in [0.15, 0.2) is 0 Å². The van der Waals surface area contributed by atoms with Gasteiger partial charge in [-0.15, -0.1) is 0 Å². The van der Waals surface area contributed by atoms with Crippen molar-refractivity contribution in [1.29, 1.82) is 0 Å². The van der Waals surface area contributed by atoms with Gasteiger partial charge in [-0.05, 0) is 30.0 Å². The van der Waals surface area contributed by atoms with Crippen LogP contribution in [0.4, 0.5) is 5.82 Å². The second-order valence-electron chi connectivity index (χ2n) is 4.68. The maximum Gasteiger partial charge on any atom is 0.133 e. The summed E-state index contributed by atoms with van der Waals surface area (Å²) in [4.78, 5) is 4.39. The second kappa shape index (κ2) is 7.07. The van der Waals surface area contributed by atoms with Crippen LogP contribution in [0.1, 0.15) is 6.42 Å². The molecule has 108 valence electrons. The molecule has 5 nitrogen and oxygen atoms in total. The van der Waals surface area contributed by atoms with Crippen LogP contribution in [0.2, 0.25) is 0 Å². The highest BCUT2D eigenvalue weighted by molar-refractivity contribution is 5.92. The molecule has 1 unspecified atom stereocenters. The van der Waals surface area contributed by atoms with Gasteiger partial charge in [-0.25, -0.2) is 4.98 Å². The molecule has 1 atom stereocenters. The number of rotatable bonds is 7. The van der Waals surface area contributed by atoms with Crippen molar-refractivity contribution in [3.8, 4) is 5.75 Å². The van der Waals surface area contributed by atoms with Crippen molar-refractivity contribution in [3.63, 3.8) is 0 Å². The van der Waals surface area contributed by atoms with Crippen LogP contribution in [0.3, 0.4) is 0 Å². The van der Waals surface area contributed by atoms with E-state index in [1.165, 1.54) is 0 Å². The highest BCUT2D eigenvalue weighted by atomic mass is 16.5. The molecule has 0 amide bonds. The van der Waals surface area contributed by atoms with Gasteiger partial charge in [0.2, 0.25) is 0 Å². The average molecular weight is 275 g/mol. The summed E-state index contributed by atoms with van der Waals surface area (Å²) in [7, 11) is 3.32. The first-order chi connectivity index (χ1) is 9.74. The summed E-state index contributed by atoms with van der Waals surface area (Å²) in [6.07, 6.45) is 2.63. The SMILES string of the molecule is COCC(N)CCNc1nccc2ccc(OC)cc12. The smallest absolute Gasteiger partial charge is 0.133 e. The molecule has 2 aromatic rings. The molecular weight excluding hydrogens is 254 g/mol. The first kappa shape index (κ1) is 14.6. The van der Waals surface area contributed by atoms with Crippen LogP contribution in [-0.4, -0.2) is 38.4 Å². The minimum absolute atomic E-state index is 0.0389. The van der Waals surface area contributed by atoms with Crippen molar-refractivity contribution in [2.45, 2.75) is 12.5 Å². The lowest BCUT2D eigenvalue weighted by atomic mass is 10.1. The van der Waals surface area contributed by atoms with Crippen LogP contribution in [0, 0.1) is 0 Å². The summed E-state index contributed by atoms with van der Waals surface area (Å²) < 4.78 is 10.3. The molecule has 1 aromatic heterocycles. The van der Waals surface area contributed by atoms with E-state index in [1.807, 2.05) is 24.3 Å². The normalized spacial score (nSPS) is 12.3. The Morgan fingerprint density at radius 1 is 1.30 bits per heavy atom. The number of benzene rings is 1. The fourth-order valence-corrected chi connectivity index (χ4v) is 2.09. The van der Waals surface area contributed by atoms with Crippen LogP contribution < -0.4 is 15.8 Å². The number of fused-ring (bicyclic) bond motifs is 1. The van der Waals surface area contributed by atoms with Crippen molar-refractivity contribution in [1.82, 2.24) is 4.98 Å². The highest BCUT2D eigenvalue weighted by Gasteiger charge is 2.05. The lowest BCUT2D eigenvalue weighted by Crippen LogP contribution is -2.28. The molecule has 0 saturated heterocycles. The zero-order chi connectivity index (χ0) is 14.4. The Bertz CT molecular complexity index is 560. The first-order valence-electron chi connectivity index (χ1n) is 6.65. The number of aromatic nitrogens is 1. The van der Waals surface area contributed by atoms with Crippen LogP contribution in [0.5, 0.6) is 5.75 Å². The number of methoxy groups -OCH3 is 2. The van der Waals surface area contributed by atoms with E-state index in [1.54, 1.807) is 20.4 Å². The Kier molecular flexibility index (Phi) is 5.15. The first-order valence-corrected chi connectivity index (χ1v) is 6.65. The van der Waals surface area contributed by atoms with E-state index in [-0.39, 0.29) is 6.04 Å². The van der Waals surface area contributed by atoms with Gasteiger partial charge >= 0.3 is 0 Å². The summed E-state index contributed by atoms with van der Waals surface area (Å²) in [5.74, 6) is 1.68. The standard InChI is InChI=1S/C15H21N3O2/c1-19-10-12(16)6-8-18-15-14-9-13(20-2)4-3-11(14)5-7-17-15/h3-5,7,9,12H,6,8,10,16H2,1-2H3,(H,17,18). The maximum absolute atomic E-state index is 5.90. The van der Waals surface area contributed by atoms with Gasteiger partial charge in [-0.3, -0.25) is 0 Å². The largest absolute Gasteiger partial charge is 0.497 e. The highest BCUT2D eigenvalue weighted by Crippen LogP contribution is 2.25. The molecule has 3 N–H and O–H groups in total. The minimum atomic E-state index is 0.0389. The summed E-state index contributed by atoms with van der Waals surface area (Å²) >= 11 is 0. The molecule has 0 fully saturated rings. The molecule has 0 aliphatic carbocycles. The number of hydrogen-bond acceptors (Lipinski definition) is 5. The summed E-state index contributed by atoms with van der Waals surface area (Å²) in [6.45, 7) is 1.33. The molecule has 20 heavy (non-hydrogen) atoms. The molecule has 0 saturated carbocycles. The quantitative estimate of drug-likeness (QED) is 0.809. The van der Waals surface area contributed by atoms with E-state index in [2.05, 4.69) is 10.3 Å². The Hall–Kier alpha value is -1.85. The van der Waals surface area contributed by atoms with Crippen LogP contribution >= 0.6 is 0 Å². The van der Waals surface area contributed by atoms with Gasteiger partial charge in [0, 0.05) is 31.3 Å². The third-order valence-electron chi connectivity index (χ3n) is 3.16. The fraction of sp³-hybridized carbons (Fsp3) is 0.400. The van der Waals surface area contributed by atoms with Crippen LogP contribution in [-0.2, 0) is 4.74 Å². The molecule has 5 heteroatoms. The topological polar surface area (TPSA) is 69.4 Å². The minimum Gasteiger partial charge on any atom is -0.497 e. The van der Waals surface area contributed by atoms with Gasteiger partial charge < -0.3 is 20.5 Å². The predicted octanol–water partition coefficient (Wildman–Crippen LogP) is 2.02. The van der Waals surface area contributed by atoms with E-state index in [0.717, 1.165) is 35.3 Å². The third kappa shape index (κ3) is 3.59.